The fraction of sp³-hybridized carbons (Fsp3) is 0.133. The van der Waals surface area contributed by atoms with E-state index in [1.54, 1.807) is 30.3 Å². The van der Waals surface area contributed by atoms with Gasteiger partial charge in [0.2, 0.25) is 10.0 Å². The van der Waals surface area contributed by atoms with Gasteiger partial charge in [0.05, 0.1) is 26.2 Å². The van der Waals surface area contributed by atoms with Crippen LogP contribution in [0.4, 0.5) is 0 Å². The first kappa shape index (κ1) is 17.3. The van der Waals surface area contributed by atoms with Crippen molar-refractivity contribution in [2.45, 2.75) is 14.7 Å². The van der Waals surface area contributed by atoms with Crippen molar-refractivity contribution in [2.24, 2.45) is 0 Å². The Bertz CT molecular complexity index is 861. The molecule has 0 spiro atoms. The van der Waals surface area contributed by atoms with Gasteiger partial charge in [0.25, 0.3) is 0 Å². The van der Waals surface area contributed by atoms with E-state index in [0.717, 1.165) is 10.4 Å². The second-order valence-corrected chi connectivity index (χ2v) is 8.43. The number of aromatic carboxylic acids is 1. The molecular formula is C15H15NO5S2. The van der Waals surface area contributed by atoms with Crippen molar-refractivity contribution < 1.29 is 22.5 Å². The lowest BCUT2D eigenvalue weighted by Gasteiger charge is -2.13. The molecule has 0 aliphatic rings. The highest BCUT2D eigenvalue weighted by Crippen LogP contribution is 2.24. The molecule has 0 aliphatic carbocycles. The van der Waals surface area contributed by atoms with Crippen LogP contribution in [0.1, 0.15) is 10.4 Å². The second-order valence-electron chi connectivity index (χ2n) is 4.83. The molecule has 23 heavy (non-hydrogen) atoms. The number of hydrogen-bond acceptors (Lipinski definition) is 4. The summed E-state index contributed by atoms with van der Waals surface area (Å²) in [4.78, 5) is 11.8. The lowest BCUT2D eigenvalue weighted by Crippen LogP contribution is -2.22. The molecule has 1 N–H and O–H groups in total. The predicted molar refractivity (Wildman–Crippen MR) is 85.4 cm³/mol. The fourth-order valence-electron chi connectivity index (χ4n) is 1.88. The molecule has 8 heteroatoms. The number of carboxylic acids is 1. The Morgan fingerprint density at radius 3 is 2.22 bits per heavy atom. The number of hydrogen-bond donors (Lipinski definition) is 1. The smallest absolute Gasteiger partial charge is 0.336 e. The molecular weight excluding hydrogens is 338 g/mol. The lowest BCUT2D eigenvalue weighted by atomic mass is 10.2. The van der Waals surface area contributed by atoms with E-state index >= 15 is 0 Å². The van der Waals surface area contributed by atoms with Crippen LogP contribution in [0.15, 0.2) is 63.2 Å². The van der Waals surface area contributed by atoms with Crippen LogP contribution >= 0.6 is 0 Å². The molecule has 1 unspecified atom stereocenters. The number of nitrogens with zero attached hydrogens (tertiary/aromatic N) is 1. The molecule has 1 atom stereocenters. The minimum atomic E-state index is -3.77. The summed E-state index contributed by atoms with van der Waals surface area (Å²) in [6, 6.07) is 12.0. The van der Waals surface area contributed by atoms with Crippen molar-refractivity contribution in [2.75, 3.05) is 14.1 Å². The fourth-order valence-corrected chi connectivity index (χ4v) is 4.00. The minimum absolute atomic E-state index is 0.0569. The first-order chi connectivity index (χ1) is 10.7. The Morgan fingerprint density at radius 2 is 1.70 bits per heavy atom. The average molecular weight is 353 g/mol. The number of carboxylic acid groups (broad SMARTS) is 1. The monoisotopic (exact) mass is 353 g/mol. The van der Waals surface area contributed by atoms with Gasteiger partial charge in [0.1, 0.15) is 0 Å². The second kappa shape index (κ2) is 6.61. The number of sulfonamides is 1. The molecule has 0 saturated carbocycles. The van der Waals surface area contributed by atoms with E-state index in [1.807, 2.05) is 0 Å². The van der Waals surface area contributed by atoms with Crippen LogP contribution < -0.4 is 0 Å². The first-order valence-corrected chi connectivity index (χ1v) is 9.11. The zero-order valence-corrected chi connectivity index (χ0v) is 14.1. The van der Waals surface area contributed by atoms with Crippen LogP contribution in [0, 0.1) is 0 Å². The molecule has 0 aromatic heterocycles. The van der Waals surface area contributed by atoms with Gasteiger partial charge in [0.15, 0.2) is 0 Å². The summed E-state index contributed by atoms with van der Waals surface area (Å²) in [7, 11) is -2.78. The van der Waals surface area contributed by atoms with E-state index in [-0.39, 0.29) is 15.4 Å². The van der Waals surface area contributed by atoms with Gasteiger partial charge in [-0.3, -0.25) is 0 Å². The molecule has 122 valence electrons. The summed E-state index contributed by atoms with van der Waals surface area (Å²) in [5.74, 6) is -1.33. The zero-order chi connectivity index (χ0) is 17.2. The molecule has 0 amide bonds. The summed E-state index contributed by atoms with van der Waals surface area (Å²) >= 11 is 0. The molecule has 2 aromatic rings. The molecule has 2 aromatic carbocycles. The van der Waals surface area contributed by atoms with Crippen LogP contribution in [0.5, 0.6) is 0 Å². The van der Waals surface area contributed by atoms with Crippen LogP contribution in [0.25, 0.3) is 0 Å². The Hall–Kier alpha value is -2.03. The highest BCUT2D eigenvalue weighted by Gasteiger charge is 2.23. The zero-order valence-electron chi connectivity index (χ0n) is 12.5. The van der Waals surface area contributed by atoms with Crippen LogP contribution in [0.3, 0.4) is 0 Å². The van der Waals surface area contributed by atoms with Crippen molar-refractivity contribution in [3.63, 3.8) is 0 Å². The summed E-state index contributed by atoms with van der Waals surface area (Å²) in [5, 5.41) is 9.35. The SMILES string of the molecule is CN(C)S(=O)(=O)c1ccc(S(=O)c2ccccc2)c(C(=O)O)c1. The van der Waals surface area contributed by atoms with E-state index < -0.39 is 26.8 Å². The Labute approximate surface area is 136 Å². The van der Waals surface area contributed by atoms with Crippen molar-refractivity contribution in [1.29, 1.82) is 0 Å². The molecule has 6 nitrogen and oxygen atoms in total. The number of rotatable bonds is 5. The topological polar surface area (TPSA) is 91.8 Å². The van der Waals surface area contributed by atoms with Crippen LogP contribution in [-0.2, 0) is 20.8 Å². The van der Waals surface area contributed by atoms with Crippen molar-refractivity contribution in [1.82, 2.24) is 4.31 Å². The van der Waals surface area contributed by atoms with Crippen molar-refractivity contribution >= 4 is 26.8 Å². The third-order valence-electron chi connectivity index (χ3n) is 3.12. The van der Waals surface area contributed by atoms with E-state index in [9.17, 15) is 22.5 Å². The molecule has 0 bridgehead atoms. The molecule has 0 heterocycles. The van der Waals surface area contributed by atoms with Gasteiger partial charge >= 0.3 is 5.97 Å². The number of benzene rings is 2. The normalized spacial score (nSPS) is 13.0. The van der Waals surface area contributed by atoms with E-state index in [2.05, 4.69) is 0 Å². The maximum Gasteiger partial charge on any atom is 0.336 e. The average Bonchev–Trinajstić information content (AvgIpc) is 2.54. The van der Waals surface area contributed by atoms with Gasteiger partial charge < -0.3 is 5.11 Å². The third kappa shape index (κ3) is 3.49. The summed E-state index contributed by atoms with van der Waals surface area (Å²) < 4.78 is 37.8. The summed E-state index contributed by atoms with van der Waals surface area (Å²) in [5.41, 5.74) is -0.296. The van der Waals surface area contributed by atoms with Gasteiger partial charge in [-0.2, -0.15) is 0 Å². The largest absolute Gasteiger partial charge is 0.478 e. The summed E-state index contributed by atoms with van der Waals surface area (Å²) in [6.07, 6.45) is 0. The Balaban J connectivity index is 2.59. The molecule has 0 aliphatic heterocycles. The summed E-state index contributed by atoms with van der Waals surface area (Å²) in [6.45, 7) is 0. The quantitative estimate of drug-likeness (QED) is 0.885. The highest BCUT2D eigenvalue weighted by atomic mass is 32.2. The van der Waals surface area contributed by atoms with Crippen molar-refractivity contribution in [3.05, 3.63) is 54.1 Å². The number of carbonyl (C=O) groups is 1. The highest BCUT2D eigenvalue weighted by molar-refractivity contribution is 7.89. The van der Waals surface area contributed by atoms with Crippen LogP contribution in [0.2, 0.25) is 0 Å². The van der Waals surface area contributed by atoms with Gasteiger partial charge in [-0.25, -0.2) is 21.7 Å². The van der Waals surface area contributed by atoms with E-state index in [0.29, 0.717) is 4.90 Å². The lowest BCUT2D eigenvalue weighted by molar-refractivity contribution is 0.0692. The van der Waals surface area contributed by atoms with Gasteiger partial charge in [-0.15, -0.1) is 0 Å². The molecule has 0 radical (unpaired) electrons. The van der Waals surface area contributed by atoms with E-state index in [4.69, 9.17) is 0 Å². The maximum atomic E-state index is 12.6. The minimum Gasteiger partial charge on any atom is -0.478 e. The van der Waals surface area contributed by atoms with E-state index in [1.165, 1.54) is 26.2 Å². The van der Waals surface area contributed by atoms with Gasteiger partial charge in [-0.05, 0) is 30.3 Å². The van der Waals surface area contributed by atoms with Gasteiger partial charge in [0, 0.05) is 19.0 Å². The van der Waals surface area contributed by atoms with Gasteiger partial charge in [-0.1, -0.05) is 18.2 Å². The Morgan fingerprint density at radius 1 is 1.09 bits per heavy atom. The standard InChI is InChI=1S/C15H15NO5S2/c1-16(2)23(20,21)12-8-9-14(13(10-12)15(17)18)22(19)11-6-4-3-5-7-11/h3-10H,1-2H3,(H,17,18). The van der Waals surface area contributed by atoms with Crippen molar-refractivity contribution in [3.8, 4) is 0 Å². The third-order valence-corrected chi connectivity index (χ3v) is 6.38. The Kier molecular flexibility index (Phi) is 4.98. The molecule has 2 rings (SSSR count). The predicted octanol–water partition coefficient (Wildman–Crippen LogP) is 1.80. The first-order valence-electron chi connectivity index (χ1n) is 6.52. The van der Waals surface area contributed by atoms with Crippen LogP contribution in [-0.4, -0.2) is 42.1 Å². The maximum absolute atomic E-state index is 12.6. The molecule has 0 saturated heterocycles. The molecule has 0 fully saturated rings.